The molecule has 2 aliphatic rings. The number of carbonyl (C=O) groups is 2. The Bertz CT molecular complexity index is 1090. The summed E-state index contributed by atoms with van der Waals surface area (Å²) in [6, 6.07) is 24.7. The Morgan fingerprint density at radius 3 is 2.00 bits per heavy atom. The lowest BCUT2D eigenvalue weighted by atomic mass is 9.98. The van der Waals surface area contributed by atoms with Crippen molar-refractivity contribution in [3.8, 4) is 11.1 Å². The van der Waals surface area contributed by atoms with E-state index in [9.17, 15) is 14.7 Å². The molecule has 164 valence electrons. The minimum atomic E-state index is -0.994. The Morgan fingerprint density at radius 2 is 1.41 bits per heavy atom. The van der Waals surface area contributed by atoms with Crippen LogP contribution in [0.2, 0.25) is 0 Å². The number of ether oxygens (including phenoxy) is 1. The topological polar surface area (TPSA) is 66.8 Å². The molecular formula is C26H24FNO4. The molecule has 0 aromatic heterocycles. The van der Waals surface area contributed by atoms with Crippen LogP contribution in [0.1, 0.15) is 41.5 Å². The van der Waals surface area contributed by atoms with Crippen LogP contribution in [0.15, 0.2) is 78.9 Å². The van der Waals surface area contributed by atoms with Crippen LogP contribution in [0.25, 0.3) is 11.1 Å². The number of amides is 1. The Kier molecular flexibility index (Phi) is 5.95. The van der Waals surface area contributed by atoms with E-state index in [4.69, 9.17) is 4.74 Å². The van der Waals surface area contributed by atoms with Crippen molar-refractivity contribution in [2.75, 3.05) is 6.61 Å². The fourth-order valence-electron chi connectivity index (χ4n) is 4.98. The van der Waals surface area contributed by atoms with E-state index in [2.05, 4.69) is 24.3 Å². The first kappa shape index (κ1) is 21.6. The van der Waals surface area contributed by atoms with Gasteiger partial charge in [-0.05, 0) is 40.7 Å². The lowest BCUT2D eigenvalue weighted by molar-refractivity contribution is -0.142. The minimum Gasteiger partial charge on any atom is -0.480 e. The zero-order valence-corrected chi connectivity index (χ0v) is 17.4. The van der Waals surface area contributed by atoms with Gasteiger partial charge in [0.2, 0.25) is 0 Å². The standard InChI is InChI=1S/C26H23NO4.FH/c28-25(29)24-15-14-23(17-8-2-1-3-9-17)27(24)26(30)31-16-22-20-12-6-4-10-18(20)19-11-5-7-13-21(19)22;/h1-13,22-24H,14-16H2,(H,28,29);1H/t23-,24+;/m1./s1. The number of hydrogen-bond donors (Lipinski definition) is 1. The fourth-order valence-corrected chi connectivity index (χ4v) is 4.98. The quantitative estimate of drug-likeness (QED) is 0.600. The Hall–Kier alpha value is -3.67. The summed E-state index contributed by atoms with van der Waals surface area (Å²) in [5.41, 5.74) is 5.51. The highest BCUT2D eigenvalue weighted by Crippen LogP contribution is 2.45. The number of carboxylic acid groups (broad SMARTS) is 1. The molecule has 5 nitrogen and oxygen atoms in total. The molecule has 1 saturated heterocycles. The summed E-state index contributed by atoms with van der Waals surface area (Å²) < 4.78 is 5.78. The maximum atomic E-state index is 13.2. The molecule has 1 aliphatic carbocycles. The molecule has 0 unspecified atom stereocenters. The molecule has 5 rings (SSSR count). The highest BCUT2D eigenvalue weighted by Gasteiger charge is 2.43. The smallest absolute Gasteiger partial charge is 0.411 e. The van der Waals surface area contributed by atoms with Gasteiger partial charge in [-0.2, -0.15) is 0 Å². The number of fused-ring (bicyclic) bond motifs is 3. The second-order valence-electron chi connectivity index (χ2n) is 8.07. The van der Waals surface area contributed by atoms with Gasteiger partial charge in [-0.3, -0.25) is 9.60 Å². The van der Waals surface area contributed by atoms with E-state index < -0.39 is 18.1 Å². The summed E-state index contributed by atoms with van der Waals surface area (Å²) in [6.45, 7) is 0.178. The Labute approximate surface area is 185 Å². The highest BCUT2D eigenvalue weighted by atomic mass is 19.0. The average Bonchev–Trinajstić information content (AvgIpc) is 3.38. The van der Waals surface area contributed by atoms with Crippen molar-refractivity contribution >= 4 is 12.1 Å². The van der Waals surface area contributed by atoms with Crippen molar-refractivity contribution in [1.82, 2.24) is 4.90 Å². The number of nitrogens with zero attached hydrogens (tertiary/aromatic N) is 1. The van der Waals surface area contributed by atoms with Crippen molar-refractivity contribution in [2.24, 2.45) is 0 Å². The van der Waals surface area contributed by atoms with E-state index in [1.165, 1.54) is 4.90 Å². The van der Waals surface area contributed by atoms with E-state index in [0.29, 0.717) is 12.8 Å². The highest BCUT2D eigenvalue weighted by molar-refractivity contribution is 5.82. The van der Waals surface area contributed by atoms with E-state index in [-0.39, 0.29) is 23.3 Å². The van der Waals surface area contributed by atoms with Gasteiger partial charge in [0.1, 0.15) is 12.6 Å². The number of aliphatic carboxylic acids is 1. The zero-order chi connectivity index (χ0) is 21.4. The third-order valence-electron chi connectivity index (χ3n) is 6.40. The first-order valence-corrected chi connectivity index (χ1v) is 10.6. The molecule has 0 spiro atoms. The summed E-state index contributed by atoms with van der Waals surface area (Å²) in [7, 11) is 0. The molecule has 1 aliphatic heterocycles. The summed E-state index contributed by atoms with van der Waals surface area (Å²) in [4.78, 5) is 26.4. The van der Waals surface area contributed by atoms with Gasteiger partial charge in [0.05, 0.1) is 6.04 Å². The van der Waals surface area contributed by atoms with Crippen LogP contribution in [0.4, 0.5) is 9.50 Å². The second-order valence-corrected chi connectivity index (χ2v) is 8.07. The molecule has 0 bridgehead atoms. The number of carboxylic acids is 1. The second kappa shape index (κ2) is 8.83. The third-order valence-corrected chi connectivity index (χ3v) is 6.40. The van der Waals surface area contributed by atoms with Crippen LogP contribution in [-0.2, 0) is 9.53 Å². The zero-order valence-electron chi connectivity index (χ0n) is 17.4. The molecule has 1 fully saturated rings. The van der Waals surface area contributed by atoms with E-state index in [0.717, 1.165) is 27.8 Å². The van der Waals surface area contributed by atoms with Gasteiger partial charge in [-0.25, -0.2) is 9.59 Å². The van der Waals surface area contributed by atoms with Crippen LogP contribution in [0.3, 0.4) is 0 Å². The van der Waals surface area contributed by atoms with Crippen LogP contribution < -0.4 is 0 Å². The average molecular weight is 433 g/mol. The summed E-state index contributed by atoms with van der Waals surface area (Å²) in [5, 5.41) is 9.69. The number of rotatable bonds is 4. The van der Waals surface area contributed by atoms with Crippen molar-refractivity contribution in [2.45, 2.75) is 30.8 Å². The summed E-state index contributed by atoms with van der Waals surface area (Å²) >= 11 is 0. The van der Waals surface area contributed by atoms with Gasteiger partial charge in [0, 0.05) is 5.92 Å². The van der Waals surface area contributed by atoms with Crippen LogP contribution in [0.5, 0.6) is 0 Å². The van der Waals surface area contributed by atoms with Gasteiger partial charge in [0.15, 0.2) is 0 Å². The normalized spacial score (nSPS) is 19.1. The molecule has 0 radical (unpaired) electrons. The summed E-state index contributed by atoms with van der Waals surface area (Å²) in [6.07, 6.45) is 0.449. The van der Waals surface area contributed by atoms with Gasteiger partial charge in [0.25, 0.3) is 0 Å². The Balaban J connectivity index is 0.00000245. The maximum Gasteiger partial charge on any atom is 0.411 e. The van der Waals surface area contributed by atoms with E-state index >= 15 is 0 Å². The summed E-state index contributed by atoms with van der Waals surface area (Å²) in [5.74, 6) is -1.05. The SMILES string of the molecule is F.O=C(O)[C@@H]1CC[C@H](c2ccccc2)N1C(=O)OCC1c2ccccc2-c2ccccc21. The molecule has 6 heteroatoms. The lowest BCUT2D eigenvalue weighted by Crippen LogP contribution is -2.42. The Morgan fingerprint density at radius 1 is 0.844 bits per heavy atom. The number of halogens is 1. The molecule has 32 heavy (non-hydrogen) atoms. The maximum absolute atomic E-state index is 13.2. The van der Waals surface area contributed by atoms with Crippen LogP contribution in [0, 0.1) is 0 Å². The number of benzene rings is 3. The van der Waals surface area contributed by atoms with E-state index in [1.807, 2.05) is 54.6 Å². The number of hydrogen-bond acceptors (Lipinski definition) is 3. The number of likely N-dealkylation sites (tertiary alicyclic amines) is 1. The molecule has 2 atom stereocenters. The lowest BCUT2D eigenvalue weighted by Gasteiger charge is -2.28. The fraction of sp³-hybridized carbons (Fsp3) is 0.231. The van der Waals surface area contributed by atoms with Crippen molar-refractivity contribution in [1.29, 1.82) is 0 Å². The molecule has 1 amide bonds. The minimum absolute atomic E-state index is 0. The largest absolute Gasteiger partial charge is 0.480 e. The van der Waals surface area contributed by atoms with Crippen molar-refractivity contribution in [3.63, 3.8) is 0 Å². The molecular weight excluding hydrogens is 409 g/mol. The van der Waals surface area contributed by atoms with Gasteiger partial charge >= 0.3 is 12.1 Å². The van der Waals surface area contributed by atoms with Gasteiger partial charge in [-0.15, -0.1) is 0 Å². The first-order chi connectivity index (χ1) is 15.1. The molecule has 1 heterocycles. The van der Waals surface area contributed by atoms with Crippen LogP contribution >= 0.6 is 0 Å². The third kappa shape index (κ3) is 3.62. The molecule has 0 saturated carbocycles. The predicted octanol–water partition coefficient (Wildman–Crippen LogP) is 5.38. The number of carbonyl (C=O) groups excluding carboxylic acids is 1. The van der Waals surface area contributed by atoms with Gasteiger partial charge in [-0.1, -0.05) is 78.9 Å². The molecule has 3 aromatic carbocycles. The monoisotopic (exact) mass is 433 g/mol. The van der Waals surface area contributed by atoms with Crippen LogP contribution in [-0.4, -0.2) is 34.7 Å². The molecule has 1 N–H and O–H groups in total. The van der Waals surface area contributed by atoms with Gasteiger partial charge < -0.3 is 9.84 Å². The van der Waals surface area contributed by atoms with Crippen molar-refractivity contribution < 1.29 is 24.1 Å². The van der Waals surface area contributed by atoms with E-state index in [1.54, 1.807) is 0 Å². The van der Waals surface area contributed by atoms with Crippen molar-refractivity contribution in [3.05, 3.63) is 95.6 Å². The molecule has 3 aromatic rings. The predicted molar refractivity (Wildman–Crippen MR) is 119 cm³/mol. The first-order valence-electron chi connectivity index (χ1n) is 10.6.